The number of ether oxygens (including phenoxy) is 1. The molecule has 0 spiro atoms. The summed E-state index contributed by atoms with van der Waals surface area (Å²) in [5, 5.41) is 9.27. The summed E-state index contributed by atoms with van der Waals surface area (Å²) in [6.07, 6.45) is 5.39. The average molecular weight is 266 g/mol. The second-order valence-electron chi connectivity index (χ2n) is 4.78. The summed E-state index contributed by atoms with van der Waals surface area (Å²) in [5.41, 5.74) is -0.212. The molecule has 0 saturated heterocycles. The topological polar surface area (TPSA) is 81.4 Å². The molecule has 19 heavy (non-hydrogen) atoms. The van der Waals surface area contributed by atoms with E-state index in [-0.39, 0.29) is 11.5 Å². The first-order valence-corrected chi connectivity index (χ1v) is 6.46. The van der Waals surface area contributed by atoms with Gasteiger partial charge in [-0.25, -0.2) is 9.78 Å². The first kappa shape index (κ1) is 13.7. The van der Waals surface area contributed by atoms with E-state index in [0.717, 1.165) is 25.7 Å². The van der Waals surface area contributed by atoms with Crippen LogP contribution in [-0.4, -0.2) is 34.3 Å². The number of aromatic carboxylic acids is 1. The third-order valence-electron chi connectivity index (χ3n) is 3.56. The van der Waals surface area contributed by atoms with Gasteiger partial charge in [-0.2, -0.15) is 0 Å². The van der Waals surface area contributed by atoms with E-state index in [0.29, 0.717) is 18.8 Å². The summed E-state index contributed by atoms with van der Waals surface area (Å²) >= 11 is 0. The molecule has 1 aliphatic rings. The molecule has 0 bridgehead atoms. The van der Waals surface area contributed by atoms with Gasteiger partial charge in [0.1, 0.15) is 5.56 Å². The second-order valence-corrected chi connectivity index (χ2v) is 4.78. The van der Waals surface area contributed by atoms with Crippen LogP contribution in [0.5, 0.6) is 0 Å². The Balaban J connectivity index is 2.42. The Hall–Kier alpha value is -1.69. The molecule has 0 amide bonds. The Morgan fingerprint density at radius 2 is 2.21 bits per heavy atom. The summed E-state index contributed by atoms with van der Waals surface area (Å²) in [6.45, 7) is 0.664. The molecule has 1 N–H and O–H groups in total. The third-order valence-corrected chi connectivity index (χ3v) is 3.56. The number of nitrogens with zero attached hydrogens (tertiary/aromatic N) is 2. The van der Waals surface area contributed by atoms with Crippen molar-refractivity contribution in [2.45, 2.75) is 38.1 Å². The van der Waals surface area contributed by atoms with Gasteiger partial charge >= 0.3 is 5.97 Å². The lowest BCUT2D eigenvalue weighted by Gasteiger charge is -2.13. The van der Waals surface area contributed by atoms with E-state index in [4.69, 9.17) is 4.74 Å². The molecule has 0 atom stereocenters. The molecule has 6 nitrogen and oxygen atoms in total. The maximum absolute atomic E-state index is 12.2. The standard InChI is InChI=1S/C13H18N2O4/c1-19-7-6-15-8-14-11(9-4-2-3-5-9)10(12(15)16)13(17)18/h8-9H,2-7H2,1H3,(H,17,18). The summed E-state index contributed by atoms with van der Waals surface area (Å²) in [6, 6.07) is 0. The van der Waals surface area contributed by atoms with Gasteiger partial charge in [-0.3, -0.25) is 9.36 Å². The number of carboxylic acids is 1. The Bertz CT molecular complexity index is 518. The number of aromatic nitrogens is 2. The summed E-state index contributed by atoms with van der Waals surface area (Å²) in [4.78, 5) is 27.7. The molecule has 1 aromatic rings. The number of carbonyl (C=O) groups is 1. The van der Waals surface area contributed by atoms with Crippen LogP contribution in [0.1, 0.15) is 47.7 Å². The first-order chi connectivity index (χ1) is 9.15. The fraction of sp³-hybridized carbons (Fsp3) is 0.615. The highest BCUT2D eigenvalue weighted by molar-refractivity contribution is 5.88. The predicted molar refractivity (Wildman–Crippen MR) is 68.5 cm³/mol. The molecule has 0 aromatic carbocycles. The average Bonchev–Trinajstić information content (AvgIpc) is 2.90. The van der Waals surface area contributed by atoms with Crippen LogP contribution in [0, 0.1) is 0 Å². The van der Waals surface area contributed by atoms with Crippen LogP contribution in [0.3, 0.4) is 0 Å². The van der Waals surface area contributed by atoms with Crippen LogP contribution >= 0.6 is 0 Å². The molecule has 104 valence electrons. The largest absolute Gasteiger partial charge is 0.477 e. The van der Waals surface area contributed by atoms with Crippen molar-refractivity contribution in [3.05, 3.63) is 27.9 Å². The minimum atomic E-state index is -1.19. The minimum Gasteiger partial charge on any atom is -0.477 e. The van der Waals surface area contributed by atoms with Crippen molar-refractivity contribution in [2.24, 2.45) is 0 Å². The number of carboxylic acid groups (broad SMARTS) is 1. The Morgan fingerprint density at radius 3 is 2.79 bits per heavy atom. The van der Waals surface area contributed by atoms with E-state index in [9.17, 15) is 14.7 Å². The highest BCUT2D eigenvalue weighted by Crippen LogP contribution is 2.33. The summed E-state index contributed by atoms with van der Waals surface area (Å²) in [7, 11) is 1.53. The van der Waals surface area contributed by atoms with E-state index in [1.807, 2.05) is 0 Å². The lowest BCUT2D eigenvalue weighted by Crippen LogP contribution is -2.30. The van der Waals surface area contributed by atoms with E-state index in [2.05, 4.69) is 4.98 Å². The van der Waals surface area contributed by atoms with Crippen LogP contribution in [0.25, 0.3) is 0 Å². The molecule has 2 rings (SSSR count). The first-order valence-electron chi connectivity index (χ1n) is 6.46. The van der Waals surface area contributed by atoms with E-state index >= 15 is 0 Å². The molecular formula is C13H18N2O4. The normalized spacial score (nSPS) is 15.8. The lowest BCUT2D eigenvalue weighted by molar-refractivity contribution is 0.0691. The molecular weight excluding hydrogens is 248 g/mol. The van der Waals surface area contributed by atoms with Crippen molar-refractivity contribution in [1.29, 1.82) is 0 Å². The molecule has 0 aliphatic heterocycles. The molecule has 1 fully saturated rings. The zero-order valence-corrected chi connectivity index (χ0v) is 11.0. The smallest absolute Gasteiger partial charge is 0.343 e. The van der Waals surface area contributed by atoms with Crippen molar-refractivity contribution in [1.82, 2.24) is 9.55 Å². The monoisotopic (exact) mass is 266 g/mol. The zero-order chi connectivity index (χ0) is 13.8. The summed E-state index contributed by atoms with van der Waals surface area (Å²) in [5.74, 6) is -1.08. The highest BCUT2D eigenvalue weighted by atomic mass is 16.5. The van der Waals surface area contributed by atoms with Crippen molar-refractivity contribution in [2.75, 3.05) is 13.7 Å². The lowest BCUT2D eigenvalue weighted by atomic mass is 9.99. The van der Waals surface area contributed by atoms with Gasteiger partial charge in [0.2, 0.25) is 0 Å². The van der Waals surface area contributed by atoms with Crippen LogP contribution in [0.15, 0.2) is 11.1 Å². The zero-order valence-electron chi connectivity index (χ0n) is 11.0. The number of hydrogen-bond acceptors (Lipinski definition) is 4. The van der Waals surface area contributed by atoms with Crippen molar-refractivity contribution in [3.8, 4) is 0 Å². The van der Waals surface area contributed by atoms with E-state index in [1.54, 1.807) is 0 Å². The fourth-order valence-electron chi connectivity index (χ4n) is 2.56. The minimum absolute atomic E-state index is 0.107. The predicted octanol–water partition coefficient (Wildman–Crippen LogP) is 1.25. The van der Waals surface area contributed by atoms with Crippen LogP contribution in [0.4, 0.5) is 0 Å². The number of hydrogen-bond donors (Lipinski definition) is 1. The number of rotatable bonds is 5. The van der Waals surface area contributed by atoms with E-state index < -0.39 is 11.5 Å². The van der Waals surface area contributed by atoms with Crippen LogP contribution in [-0.2, 0) is 11.3 Å². The van der Waals surface area contributed by atoms with Crippen molar-refractivity contribution in [3.63, 3.8) is 0 Å². The molecule has 1 saturated carbocycles. The van der Waals surface area contributed by atoms with Gasteiger partial charge in [-0.05, 0) is 12.8 Å². The van der Waals surface area contributed by atoms with Gasteiger partial charge in [0.15, 0.2) is 0 Å². The SMILES string of the molecule is COCCn1cnc(C2CCCC2)c(C(=O)O)c1=O. The van der Waals surface area contributed by atoms with Gasteiger partial charge in [0.05, 0.1) is 25.2 Å². The van der Waals surface area contributed by atoms with Gasteiger partial charge in [0.25, 0.3) is 5.56 Å². The molecule has 0 radical (unpaired) electrons. The summed E-state index contributed by atoms with van der Waals surface area (Å²) < 4.78 is 6.19. The molecule has 1 heterocycles. The molecule has 1 aliphatic carbocycles. The Kier molecular flexibility index (Phi) is 4.31. The molecule has 0 unspecified atom stereocenters. The number of methoxy groups -OCH3 is 1. The fourth-order valence-corrected chi connectivity index (χ4v) is 2.56. The molecule has 1 aromatic heterocycles. The van der Waals surface area contributed by atoms with Gasteiger partial charge in [0, 0.05) is 13.0 Å². The highest BCUT2D eigenvalue weighted by Gasteiger charge is 2.27. The van der Waals surface area contributed by atoms with Gasteiger partial charge in [-0.1, -0.05) is 12.8 Å². The third kappa shape index (κ3) is 2.84. The van der Waals surface area contributed by atoms with Gasteiger partial charge in [-0.15, -0.1) is 0 Å². The Morgan fingerprint density at radius 1 is 1.53 bits per heavy atom. The van der Waals surface area contributed by atoms with Crippen LogP contribution in [0.2, 0.25) is 0 Å². The van der Waals surface area contributed by atoms with Crippen molar-refractivity contribution >= 4 is 5.97 Å². The Labute approximate surface area is 111 Å². The second kappa shape index (κ2) is 5.97. The van der Waals surface area contributed by atoms with E-state index in [1.165, 1.54) is 18.0 Å². The quantitative estimate of drug-likeness (QED) is 0.867. The van der Waals surface area contributed by atoms with Gasteiger partial charge < -0.3 is 9.84 Å². The molecule has 6 heteroatoms. The van der Waals surface area contributed by atoms with Crippen LogP contribution < -0.4 is 5.56 Å². The maximum atomic E-state index is 12.2. The van der Waals surface area contributed by atoms with Crippen molar-refractivity contribution < 1.29 is 14.6 Å². The maximum Gasteiger partial charge on any atom is 0.343 e.